The van der Waals surface area contributed by atoms with Gasteiger partial charge in [-0.25, -0.2) is 4.98 Å². The monoisotopic (exact) mass is 375 g/mol. The fourth-order valence-electron chi connectivity index (χ4n) is 2.75. The molecule has 28 heavy (non-hydrogen) atoms. The first-order valence-corrected chi connectivity index (χ1v) is 9.30. The Kier molecular flexibility index (Phi) is 6.63. The predicted octanol–water partition coefficient (Wildman–Crippen LogP) is 3.98. The van der Waals surface area contributed by atoms with E-state index in [1.807, 2.05) is 30.3 Å². The maximum absolute atomic E-state index is 12.2. The molecule has 0 aliphatic carbocycles. The summed E-state index contributed by atoms with van der Waals surface area (Å²) in [6, 6.07) is 19.8. The van der Waals surface area contributed by atoms with Crippen LogP contribution in [0.1, 0.15) is 27.2 Å². The van der Waals surface area contributed by atoms with Gasteiger partial charge in [-0.05, 0) is 48.7 Å². The number of hydrogen-bond acceptors (Lipinski definition) is 4. The van der Waals surface area contributed by atoms with Crippen molar-refractivity contribution in [2.45, 2.75) is 19.9 Å². The average molecular weight is 375 g/mol. The number of ether oxygens (including phenoxy) is 1. The molecule has 0 aliphatic rings. The topological polar surface area (TPSA) is 63.2 Å². The summed E-state index contributed by atoms with van der Waals surface area (Å²) in [5.41, 5.74) is 4.88. The van der Waals surface area contributed by atoms with Crippen LogP contribution in [-0.4, -0.2) is 24.5 Å². The lowest BCUT2D eigenvalue weighted by atomic mass is 10.1. The SMILES string of the molecule is COc1ccc(CCNC(=O)c2ccc(NCc3ccc(C)cc3)cn2)cc1. The first-order valence-electron chi connectivity index (χ1n) is 9.30. The van der Waals surface area contributed by atoms with Crippen molar-refractivity contribution in [1.29, 1.82) is 0 Å². The van der Waals surface area contributed by atoms with Crippen molar-refractivity contribution in [3.63, 3.8) is 0 Å². The zero-order valence-electron chi connectivity index (χ0n) is 16.2. The van der Waals surface area contributed by atoms with Crippen molar-refractivity contribution in [2.75, 3.05) is 19.0 Å². The van der Waals surface area contributed by atoms with Crippen LogP contribution < -0.4 is 15.4 Å². The van der Waals surface area contributed by atoms with Gasteiger partial charge in [0.15, 0.2) is 0 Å². The Morgan fingerprint density at radius 1 is 0.964 bits per heavy atom. The van der Waals surface area contributed by atoms with Crippen LogP contribution in [0.2, 0.25) is 0 Å². The fraction of sp³-hybridized carbons (Fsp3) is 0.217. The molecule has 5 nitrogen and oxygen atoms in total. The van der Waals surface area contributed by atoms with E-state index in [-0.39, 0.29) is 5.91 Å². The maximum Gasteiger partial charge on any atom is 0.269 e. The number of amides is 1. The number of carbonyl (C=O) groups excluding carboxylic acids is 1. The molecule has 0 aliphatic heterocycles. The molecule has 0 bridgehead atoms. The first kappa shape index (κ1) is 19.4. The molecule has 2 aromatic carbocycles. The summed E-state index contributed by atoms with van der Waals surface area (Å²) in [6.07, 6.45) is 2.44. The summed E-state index contributed by atoms with van der Waals surface area (Å²) in [6.45, 7) is 3.34. The molecule has 0 radical (unpaired) electrons. The van der Waals surface area contributed by atoms with Gasteiger partial charge in [0.25, 0.3) is 5.91 Å². The summed E-state index contributed by atoms with van der Waals surface area (Å²) in [7, 11) is 1.64. The summed E-state index contributed by atoms with van der Waals surface area (Å²) >= 11 is 0. The van der Waals surface area contributed by atoms with Crippen molar-refractivity contribution in [1.82, 2.24) is 10.3 Å². The van der Waals surface area contributed by atoms with Crippen LogP contribution in [0.5, 0.6) is 5.75 Å². The standard InChI is InChI=1S/C23H25N3O2/c1-17-3-5-19(6-4-17)15-25-20-9-12-22(26-16-20)23(27)24-14-13-18-7-10-21(28-2)11-8-18/h3-12,16,25H,13-15H2,1-2H3,(H,24,27). The Labute approximate surface area is 165 Å². The van der Waals surface area contributed by atoms with E-state index in [1.165, 1.54) is 11.1 Å². The number of benzene rings is 2. The molecule has 3 aromatic rings. The quantitative estimate of drug-likeness (QED) is 0.625. The predicted molar refractivity (Wildman–Crippen MR) is 112 cm³/mol. The van der Waals surface area contributed by atoms with Crippen molar-refractivity contribution >= 4 is 11.6 Å². The Hall–Kier alpha value is -3.34. The van der Waals surface area contributed by atoms with Gasteiger partial charge in [-0.1, -0.05) is 42.0 Å². The van der Waals surface area contributed by atoms with Crippen LogP contribution in [0, 0.1) is 6.92 Å². The van der Waals surface area contributed by atoms with E-state index in [1.54, 1.807) is 19.4 Å². The van der Waals surface area contributed by atoms with Gasteiger partial charge >= 0.3 is 0 Å². The van der Waals surface area contributed by atoms with E-state index in [2.05, 4.69) is 46.8 Å². The fourth-order valence-corrected chi connectivity index (χ4v) is 2.75. The molecule has 144 valence electrons. The molecule has 0 fully saturated rings. The smallest absolute Gasteiger partial charge is 0.269 e. The van der Waals surface area contributed by atoms with Gasteiger partial charge in [0.1, 0.15) is 11.4 Å². The molecule has 0 saturated carbocycles. The lowest BCUT2D eigenvalue weighted by Gasteiger charge is -2.08. The molecule has 0 spiro atoms. The lowest BCUT2D eigenvalue weighted by molar-refractivity contribution is 0.0949. The van der Waals surface area contributed by atoms with E-state index in [0.717, 1.165) is 30.0 Å². The molecule has 3 rings (SSSR count). The number of aryl methyl sites for hydroxylation is 1. The van der Waals surface area contributed by atoms with Gasteiger partial charge in [0.05, 0.1) is 19.0 Å². The van der Waals surface area contributed by atoms with Crippen LogP contribution in [-0.2, 0) is 13.0 Å². The third-order valence-electron chi connectivity index (χ3n) is 4.47. The number of methoxy groups -OCH3 is 1. The summed E-state index contributed by atoms with van der Waals surface area (Å²) < 4.78 is 5.14. The summed E-state index contributed by atoms with van der Waals surface area (Å²) in [5.74, 6) is 0.659. The molecular formula is C23H25N3O2. The van der Waals surface area contributed by atoms with E-state index >= 15 is 0 Å². The number of aromatic nitrogens is 1. The highest BCUT2D eigenvalue weighted by Gasteiger charge is 2.06. The van der Waals surface area contributed by atoms with Crippen molar-refractivity contribution < 1.29 is 9.53 Å². The van der Waals surface area contributed by atoms with Crippen LogP contribution in [0.15, 0.2) is 66.9 Å². The normalized spacial score (nSPS) is 10.4. The van der Waals surface area contributed by atoms with Crippen LogP contribution in [0.3, 0.4) is 0 Å². The number of nitrogens with one attached hydrogen (secondary N) is 2. The number of pyridine rings is 1. The van der Waals surface area contributed by atoms with Gasteiger partial charge in [-0.2, -0.15) is 0 Å². The molecule has 1 heterocycles. The third kappa shape index (κ3) is 5.58. The van der Waals surface area contributed by atoms with Crippen molar-refractivity contribution in [2.24, 2.45) is 0 Å². The number of hydrogen-bond donors (Lipinski definition) is 2. The molecule has 5 heteroatoms. The number of carbonyl (C=O) groups is 1. The van der Waals surface area contributed by atoms with E-state index in [4.69, 9.17) is 4.74 Å². The van der Waals surface area contributed by atoms with E-state index < -0.39 is 0 Å². The van der Waals surface area contributed by atoms with Crippen molar-refractivity contribution in [3.05, 3.63) is 89.2 Å². The molecule has 1 amide bonds. The average Bonchev–Trinajstić information content (AvgIpc) is 2.74. The Balaban J connectivity index is 1.45. The zero-order valence-corrected chi connectivity index (χ0v) is 16.2. The minimum Gasteiger partial charge on any atom is -0.497 e. The highest BCUT2D eigenvalue weighted by molar-refractivity contribution is 5.92. The van der Waals surface area contributed by atoms with Crippen LogP contribution >= 0.6 is 0 Å². The number of rotatable bonds is 8. The van der Waals surface area contributed by atoms with E-state index in [9.17, 15) is 4.79 Å². The Morgan fingerprint density at radius 3 is 2.32 bits per heavy atom. The minimum absolute atomic E-state index is 0.168. The van der Waals surface area contributed by atoms with E-state index in [0.29, 0.717) is 12.2 Å². The largest absolute Gasteiger partial charge is 0.497 e. The van der Waals surface area contributed by atoms with Crippen molar-refractivity contribution in [3.8, 4) is 5.75 Å². The second-order valence-corrected chi connectivity index (χ2v) is 6.63. The van der Waals surface area contributed by atoms with Crippen LogP contribution in [0.25, 0.3) is 0 Å². The number of nitrogens with zero attached hydrogens (tertiary/aromatic N) is 1. The zero-order chi connectivity index (χ0) is 19.8. The van der Waals surface area contributed by atoms with Gasteiger partial charge < -0.3 is 15.4 Å². The lowest BCUT2D eigenvalue weighted by Crippen LogP contribution is -2.26. The van der Waals surface area contributed by atoms with Gasteiger partial charge in [-0.3, -0.25) is 4.79 Å². The summed E-state index contributed by atoms with van der Waals surface area (Å²) in [5, 5.41) is 6.22. The minimum atomic E-state index is -0.168. The van der Waals surface area contributed by atoms with Gasteiger partial charge in [0.2, 0.25) is 0 Å². The maximum atomic E-state index is 12.2. The number of anilines is 1. The van der Waals surface area contributed by atoms with Gasteiger partial charge in [-0.15, -0.1) is 0 Å². The third-order valence-corrected chi connectivity index (χ3v) is 4.47. The molecule has 2 N–H and O–H groups in total. The second kappa shape index (κ2) is 9.55. The Morgan fingerprint density at radius 2 is 1.68 bits per heavy atom. The Bertz CT molecular complexity index is 889. The van der Waals surface area contributed by atoms with Gasteiger partial charge in [0, 0.05) is 13.1 Å². The highest BCUT2D eigenvalue weighted by Crippen LogP contribution is 2.12. The molecule has 0 atom stereocenters. The molecule has 0 saturated heterocycles. The molecule has 1 aromatic heterocycles. The molecular weight excluding hydrogens is 350 g/mol. The van der Waals surface area contributed by atoms with Crippen LogP contribution in [0.4, 0.5) is 5.69 Å². The summed E-state index contributed by atoms with van der Waals surface area (Å²) in [4.78, 5) is 16.5. The second-order valence-electron chi connectivity index (χ2n) is 6.63. The molecule has 0 unspecified atom stereocenters. The first-order chi connectivity index (χ1) is 13.6. The highest BCUT2D eigenvalue weighted by atomic mass is 16.5.